The van der Waals surface area contributed by atoms with Crippen molar-refractivity contribution in [2.45, 2.75) is 63.8 Å². The van der Waals surface area contributed by atoms with E-state index in [0.29, 0.717) is 12.2 Å². The number of esters is 1. The largest absolute Gasteiger partial charge is 0.488 e. The van der Waals surface area contributed by atoms with Gasteiger partial charge in [0.05, 0.1) is 18.7 Å². The molecule has 4 unspecified atom stereocenters. The Bertz CT molecular complexity index is 1170. The Labute approximate surface area is 210 Å². The Balaban J connectivity index is 1.57. The number of ether oxygens (including phenoxy) is 3. The summed E-state index contributed by atoms with van der Waals surface area (Å²) < 4.78 is 17.1. The number of amides is 2. The summed E-state index contributed by atoms with van der Waals surface area (Å²) in [6, 6.07) is 8.48. The van der Waals surface area contributed by atoms with Gasteiger partial charge >= 0.3 is 12.1 Å². The van der Waals surface area contributed by atoms with E-state index in [0.717, 1.165) is 10.9 Å². The average Bonchev–Trinajstić information content (AvgIpc) is 3.37. The maximum absolute atomic E-state index is 13.5. The number of pyridine rings is 1. The molecule has 2 aliphatic rings. The zero-order valence-electron chi connectivity index (χ0n) is 21.2. The van der Waals surface area contributed by atoms with Gasteiger partial charge < -0.3 is 19.5 Å². The van der Waals surface area contributed by atoms with Crippen molar-refractivity contribution in [1.82, 2.24) is 15.2 Å². The lowest BCUT2D eigenvalue weighted by Crippen LogP contribution is -2.53. The molecule has 1 aliphatic carbocycles. The number of benzene rings is 1. The van der Waals surface area contributed by atoms with Gasteiger partial charge in [-0.1, -0.05) is 18.2 Å². The monoisotopic (exact) mass is 495 g/mol. The van der Waals surface area contributed by atoms with Crippen molar-refractivity contribution in [3.63, 3.8) is 0 Å². The normalized spacial score (nSPS) is 25.2. The first-order valence-corrected chi connectivity index (χ1v) is 12.2. The predicted octanol–water partition coefficient (Wildman–Crippen LogP) is 3.62. The topological polar surface area (TPSA) is 107 Å². The molecule has 1 saturated heterocycles. The Morgan fingerprint density at radius 2 is 2.00 bits per heavy atom. The fourth-order valence-electron chi connectivity index (χ4n) is 4.57. The number of rotatable bonds is 7. The minimum atomic E-state index is -1.16. The van der Waals surface area contributed by atoms with Crippen LogP contribution in [0.1, 0.15) is 40.5 Å². The molecular formula is C27H33N3O6. The Kier molecular flexibility index (Phi) is 6.93. The Hall–Kier alpha value is -3.62. The number of likely N-dealkylation sites (tertiary alicyclic amines) is 1. The van der Waals surface area contributed by atoms with E-state index in [1.54, 1.807) is 46.0 Å². The summed E-state index contributed by atoms with van der Waals surface area (Å²) in [5.41, 5.74) is -1.12. The third-order valence-electron chi connectivity index (χ3n) is 6.38. The first kappa shape index (κ1) is 25.5. The summed E-state index contributed by atoms with van der Waals surface area (Å²) in [7, 11) is 0. The van der Waals surface area contributed by atoms with Gasteiger partial charge in [0.15, 0.2) is 0 Å². The van der Waals surface area contributed by atoms with E-state index >= 15 is 0 Å². The molecule has 9 heteroatoms. The minimum Gasteiger partial charge on any atom is -0.488 e. The van der Waals surface area contributed by atoms with Crippen molar-refractivity contribution in [3.05, 3.63) is 49.2 Å². The van der Waals surface area contributed by atoms with Gasteiger partial charge in [-0.25, -0.2) is 9.59 Å². The molecule has 1 N–H and O–H groups in total. The van der Waals surface area contributed by atoms with Crippen LogP contribution in [-0.2, 0) is 19.1 Å². The number of nitrogens with one attached hydrogen (secondary N) is 1. The molecule has 4 atom stereocenters. The highest BCUT2D eigenvalue weighted by Gasteiger charge is 2.62. The van der Waals surface area contributed by atoms with Gasteiger partial charge in [-0.2, -0.15) is 0 Å². The zero-order valence-corrected chi connectivity index (χ0v) is 21.2. The lowest BCUT2D eigenvalue weighted by atomic mass is 10.1. The second-order valence-corrected chi connectivity index (χ2v) is 10.2. The molecule has 0 spiro atoms. The highest BCUT2D eigenvalue weighted by molar-refractivity contribution is 5.95. The van der Waals surface area contributed by atoms with Crippen LogP contribution in [0.5, 0.6) is 5.75 Å². The van der Waals surface area contributed by atoms with Crippen molar-refractivity contribution < 1.29 is 28.6 Å². The van der Waals surface area contributed by atoms with E-state index < -0.39 is 41.3 Å². The third kappa shape index (κ3) is 5.15. The van der Waals surface area contributed by atoms with Gasteiger partial charge in [-0.15, -0.1) is 6.58 Å². The van der Waals surface area contributed by atoms with E-state index in [-0.39, 0.29) is 25.5 Å². The third-order valence-corrected chi connectivity index (χ3v) is 6.38. The highest BCUT2D eigenvalue weighted by atomic mass is 16.6. The van der Waals surface area contributed by atoms with Crippen LogP contribution in [0.4, 0.5) is 4.79 Å². The van der Waals surface area contributed by atoms with Gasteiger partial charge in [0.25, 0.3) is 0 Å². The lowest BCUT2D eigenvalue weighted by Gasteiger charge is -2.28. The number of hydrogen-bond acceptors (Lipinski definition) is 7. The van der Waals surface area contributed by atoms with Gasteiger partial charge in [-0.3, -0.25) is 14.7 Å². The summed E-state index contributed by atoms with van der Waals surface area (Å²) in [6.45, 7) is 11.1. The number of fused-ring (bicyclic) bond motifs is 1. The molecule has 2 heterocycles. The molecule has 2 amide bonds. The molecule has 2 fully saturated rings. The van der Waals surface area contributed by atoms with E-state index in [2.05, 4.69) is 16.9 Å². The molecule has 0 bridgehead atoms. The first-order valence-electron chi connectivity index (χ1n) is 12.2. The maximum atomic E-state index is 13.5. The molecule has 0 radical (unpaired) electrons. The zero-order chi connectivity index (χ0) is 26.1. The molecule has 9 nitrogen and oxygen atoms in total. The fourth-order valence-corrected chi connectivity index (χ4v) is 4.57. The van der Waals surface area contributed by atoms with Crippen LogP contribution in [0.15, 0.2) is 49.2 Å². The van der Waals surface area contributed by atoms with Crippen molar-refractivity contribution in [2.24, 2.45) is 5.92 Å². The number of aromatic nitrogens is 1. The number of nitrogens with zero attached hydrogens (tertiary/aromatic N) is 2. The summed E-state index contributed by atoms with van der Waals surface area (Å²) in [5.74, 6) is -0.565. The molecule has 1 aliphatic heterocycles. The minimum absolute atomic E-state index is 0.154. The molecular weight excluding hydrogens is 462 g/mol. The Morgan fingerprint density at radius 1 is 1.25 bits per heavy atom. The number of carbonyl (C=O) groups is 3. The molecule has 4 rings (SSSR count). The second-order valence-electron chi connectivity index (χ2n) is 10.2. The quantitative estimate of drug-likeness (QED) is 0.462. The van der Waals surface area contributed by atoms with Crippen LogP contribution in [-0.4, -0.2) is 64.3 Å². The van der Waals surface area contributed by atoms with E-state index in [9.17, 15) is 14.4 Å². The predicted molar refractivity (Wildman–Crippen MR) is 133 cm³/mol. The molecule has 1 saturated carbocycles. The van der Waals surface area contributed by atoms with Crippen LogP contribution in [0, 0.1) is 5.92 Å². The summed E-state index contributed by atoms with van der Waals surface area (Å²) >= 11 is 0. The van der Waals surface area contributed by atoms with Crippen LogP contribution in [0.3, 0.4) is 0 Å². The van der Waals surface area contributed by atoms with Gasteiger partial charge in [0.2, 0.25) is 5.91 Å². The van der Waals surface area contributed by atoms with E-state index in [1.165, 1.54) is 4.90 Å². The van der Waals surface area contributed by atoms with Gasteiger partial charge in [-0.05, 0) is 52.3 Å². The van der Waals surface area contributed by atoms with Gasteiger partial charge in [0.1, 0.15) is 29.0 Å². The summed E-state index contributed by atoms with van der Waals surface area (Å²) in [4.78, 5) is 45.0. The number of hydrogen-bond donors (Lipinski definition) is 1. The maximum Gasteiger partial charge on any atom is 0.411 e. The van der Waals surface area contributed by atoms with Crippen molar-refractivity contribution in [1.29, 1.82) is 0 Å². The van der Waals surface area contributed by atoms with Crippen LogP contribution in [0.2, 0.25) is 0 Å². The van der Waals surface area contributed by atoms with Crippen molar-refractivity contribution >= 4 is 28.9 Å². The van der Waals surface area contributed by atoms with Crippen molar-refractivity contribution in [2.75, 3.05) is 13.2 Å². The molecule has 2 aromatic rings. The van der Waals surface area contributed by atoms with E-state index in [1.807, 2.05) is 24.3 Å². The Morgan fingerprint density at radius 3 is 2.67 bits per heavy atom. The molecule has 1 aromatic heterocycles. The van der Waals surface area contributed by atoms with Gasteiger partial charge in [0, 0.05) is 23.9 Å². The van der Waals surface area contributed by atoms with Crippen LogP contribution in [0.25, 0.3) is 10.9 Å². The summed E-state index contributed by atoms with van der Waals surface area (Å²) in [5, 5.41) is 3.69. The summed E-state index contributed by atoms with van der Waals surface area (Å²) in [6.07, 6.45) is 2.86. The first-order chi connectivity index (χ1) is 17.1. The molecule has 192 valence electrons. The van der Waals surface area contributed by atoms with Crippen LogP contribution >= 0.6 is 0 Å². The standard InChI is InChI=1S/C27H33N3O6/c1-6-17-15-27(17,24(32)34-7-2)29-23(31)21-14-18(16-30(21)25(33)36-26(3,4)5)35-22-12-13-28-20-11-9-8-10-19(20)22/h6,8-13,17-18,21H,1,7,14-16H2,2-5H3,(H,29,31). The number of carbonyl (C=O) groups excluding carboxylic acids is 3. The van der Waals surface area contributed by atoms with Crippen LogP contribution < -0.4 is 10.1 Å². The van der Waals surface area contributed by atoms with Crippen molar-refractivity contribution in [3.8, 4) is 5.75 Å². The van der Waals surface area contributed by atoms with E-state index in [4.69, 9.17) is 14.2 Å². The molecule has 1 aromatic carbocycles. The number of para-hydroxylation sites is 1. The second kappa shape index (κ2) is 9.79. The fraction of sp³-hybridized carbons (Fsp3) is 0.481. The average molecular weight is 496 g/mol. The highest BCUT2D eigenvalue weighted by Crippen LogP contribution is 2.45. The SMILES string of the molecule is C=CC1CC1(NC(=O)C1CC(Oc2ccnc3ccccc23)CN1C(=O)OC(C)(C)C)C(=O)OCC. The smallest absolute Gasteiger partial charge is 0.411 e. The lowest BCUT2D eigenvalue weighted by molar-refractivity contribution is -0.149. The molecule has 36 heavy (non-hydrogen) atoms.